The van der Waals surface area contributed by atoms with Crippen LogP contribution in [-0.4, -0.2) is 32.3 Å². The number of ether oxygens (including phenoxy) is 2. The molecule has 1 aliphatic carbocycles. The summed E-state index contributed by atoms with van der Waals surface area (Å²) < 4.78 is 9.91. The Kier molecular flexibility index (Phi) is 13.1. The Bertz CT molecular complexity index is 339. The molecule has 21 heavy (non-hydrogen) atoms. The van der Waals surface area contributed by atoms with E-state index in [4.69, 9.17) is 9.47 Å². The van der Waals surface area contributed by atoms with Gasteiger partial charge in [-0.25, -0.2) is 0 Å². The molecule has 0 bridgehead atoms. The highest BCUT2D eigenvalue weighted by Crippen LogP contribution is 2.16. The molecule has 0 spiro atoms. The number of methoxy groups -OCH3 is 2. The van der Waals surface area contributed by atoms with Crippen LogP contribution in [0.1, 0.15) is 51.6 Å². The second-order valence-electron chi connectivity index (χ2n) is 4.74. The Morgan fingerprint density at radius 3 is 2.33 bits per heavy atom. The predicted molar refractivity (Wildman–Crippen MR) is 88.8 cm³/mol. The highest BCUT2D eigenvalue weighted by Gasteiger charge is 2.09. The van der Waals surface area contributed by atoms with Crippen LogP contribution in [0.3, 0.4) is 0 Å². The Morgan fingerprint density at radius 1 is 1.19 bits per heavy atom. The maximum absolute atomic E-state index is 5.01. The summed E-state index contributed by atoms with van der Waals surface area (Å²) in [6.07, 6.45) is 8.83. The minimum Gasteiger partial charge on any atom is -0.497 e. The number of nitrogens with zero attached hydrogens (tertiary/aromatic N) is 1. The number of nitrogens with one attached hydrogen (secondary N) is 1. The lowest BCUT2D eigenvalue weighted by molar-refractivity contribution is 0.181. The first-order valence-electron chi connectivity index (χ1n) is 7.95. The van der Waals surface area contributed by atoms with Crippen LogP contribution in [0.15, 0.2) is 18.3 Å². The maximum atomic E-state index is 5.01. The summed E-state index contributed by atoms with van der Waals surface area (Å²) in [5.74, 6) is 0.812. The fourth-order valence-electron chi connectivity index (χ4n) is 2.20. The Balaban J connectivity index is 0.000000354. The minimum atomic E-state index is 0.525. The fraction of sp³-hybridized carbons (Fsp3) is 0.706. The van der Waals surface area contributed by atoms with Gasteiger partial charge in [0.1, 0.15) is 5.75 Å². The molecule has 1 saturated carbocycles. The molecular weight excluding hydrogens is 264 g/mol. The zero-order valence-electron chi connectivity index (χ0n) is 14.3. The number of aromatic nitrogens is 1. The zero-order valence-corrected chi connectivity index (χ0v) is 14.3. The lowest BCUT2D eigenvalue weighted by Crippen LogP contribution is -2.26. The summed E-state index contributed by atoms with van der Waals surface area (Å²) in [5.41, 5.74) is 0.881. The van der Waals surface area contributed by atoms with Crippen LogP contribution in [0.2, 0.25) is 0 Å². The Hall–Kier alpha value is -1.13. The summed E-state index contributed by atoms with van der Waals surface area (Å²) in [5, 5.41) is 3.30. The zero-order chi connectivity index (χ0) is 15.9. The molecular formula is C17H32N2O2. The number of rotatable bonds is 4. The molecule has 2 rings (SSSR count). The summed E-state index contributed by atoms with van der Waals surface area (Å²) in [6.45, 7) is 4.53. The molecule has 0 unspecified atom stereocenters. The van der Waals surface area contributed by atoms with Crippen molar-refractivity contribution >= 4 is 0 Å². The van der Waals surface area contributed by atoms with E-state index >= 15 is 0 Å². The highest BCUT2D eigenvalue weighted by atomic mass is 16.5. The molecule has 4 nitrogen and oxygen atoms in total. The number of pyridine rings is 1. The van der Waals surface area contributed by atoms with Gasteiger partial charge in [0.2, 0.25) is 0 Å². The van der Waals surface area contributed by atoms with E-state index < -0.39 is 0 Å². The molecule has 0 radical (unpaired) electrons. The SMILES string of the molecule is CC.CNC1CCCCC1.COCc1cc(OC)ccn1. The first-order valence-corrected chi connectivity index (χ1v) is 7.95. The molecule has 0 amide bonds. The average Bonchev–Trinajstić information content (AvgIpc) is 2.58. The fourth-order valence-corrected chi connectivity index (χ4v) is 2.20. The van der Waals surface area contributed by atoms with E-state index in [1.54, 1.807) is 26.5 Å². The van der Waals surface area contributed by atoms with Gasteiger partial charge in [0, 0.05) is 25.4 Å². The van der Waals surface area contributed by atoms with Gasteiger partial charge in [0.05, 0.1) is 19.4 Å². The largest absolute Gasteiger partial charge is 0.497 e. The first-order chi connectivity index (χ1) is 10.3. The predicted octanol–water partition coefficient (Wildman–Crippen LogP) is 3.80. The smallest absolute Gasteiger partial charge is 0.122 e. The van der Waals surface area contributed by atoms with Crippen LogP contribution >= 0.6 is 0 Å². The lowest BCUT2D eigenvalue weighted by atomic mass is 9.96. The van der Waals surface area contributed by atoms with Crippen molar-refractivity contribution in [1.82, 2.24) is 10.3 Å². The Morgan fingerprint density at radius 2 is 1.86 bits per heavy atom. The monoisotopic (exact) mass is 296 g/mol. The van der Waals surface area contributed by atoms with Gasteiger partial charge in [0.25, 0.3) is 0 Å². The van der Waals surface area contributed by atoms with Crippen molar-refractivity contribution in [2.24, 2.45) is 0 Å². The quantitative estimate of drug-likeness (QED) is 0.917. The Labute approximate surface area is 130 Å². The van der Waals surface area contributed by atoms with Crippen molar-refractivity contribution in [3.63, 3.8) is 0 Å². The van der Waals surface area contributed by atoms with E-state index in [1.165, 1.54) is 32.1 Å². The molecule has 0 aromatic carbocycles. The van der Waals surface area contributed by atoms with Crippen molar-refractivity contribution in [2.45, 2.75) is 58.6 Å². The van der Waals surface area contributed by atoms with Crippen LogP contribution in [0.25, 0.3) is 0 Å². The molecule has 0 saturated heterocycles. The summed E-state index contributed by atoms with van der Waals surface area (Å²) in [4.78, 5) is 4.07. The topological polar surface area (TPSA) is 43.4 Å². The molecule has 0 aliphatic heterocycles. The van der Waals surface area contributed by atoms with Gasteiger partial charge in [-0.1, -0.05) is 33.1 Å². The van der Waals surface area contributed by atoms with Gasteiger partial charge in [-0.05, 0) is 26.0 Å². The first kappa shape index (κ1) is 19.9. The van der Waals surface area contributed by atoms with Crippen molar-refractivity contribution in [3.05, 3.63) is 24.0 Å². The van der Waals surface area contributed by atoms with E-state index in [2.05, 4.69) is 17.3 Å². The summed E-state index contributed by atoms with van der Waals surface area (Å²) in [6, 6.07) is 4.49. The molecule has 4 heteroatoms. The van der Waals surface area contributed by atoms with Crippen LogP contribution in [0.5, 0.6) is 5.75 Å². The van der Waals surface area contributed by atoms with Gasteiger partial charge in [0.15, 0.2) is 0 Å². The van der Waals surface area contributed by atoms with Gasteiger partial charge < -0.3 is 14.8 Å². The van der Waals surface area contributed by atoms with Crippen molar-refractivity contribution in [3.8, 4) is 5.75 Å². The second-order valence-corrected chi connectivity index (χ2v) is 4.74. The molecule has 122 valence electrons. The molecule has 1 N–H and O–H groups in total. The number of hydrogen-bond donors (Lipinski definition) is 1. The second kappa shape index (κ2) is 13.8. The summed E-state index contributed by atoms with van der Waals surface area (Å²) in [7, 11) is 5.34. The van der Waals surface area contributed by atoms with E-state index in [0.29, 0.717) is 6.61 Å². The average molecular weight is 296 g/mol. The van der Waals surface area contributed by atoms with Crippen LogP contribution in [0, 0.1) is 0 Å². The minimum absolute atomic E-state index is 0.525. The number of hydrogen-bond acceptors (Lipinski definition) is 4. The van der Waals surface area contributed by atoms with Gasteiger partial charge in [-0.15, -0.1) is 0 Å². The standard InChI is InChI=1S/C8H11NO2.C7H15N.C2H6/c1-10-6-7-5-8(11-2)3-4-9-7;1-8-7-5-3-2-4-6-7;1-2/h3-5H,6H2,1-2H3;7-8H,2-6H2,1H3;1-2H3. The van der Waals surface area contributed by atoms with Crippen molar-refractivity contribution in [1.29, 1.82) is 0 Å². The van der Waals surface area contributed by atoms with Crippen LogP contribution in [0.4, 0.5) is 0 Å². The third-order valence-electron chi connectivity index (χ3n) is 3.33. The molecule has 1 fully saturated rings. The molecule has 1 aromatic rings. The maximum Gasteiger partial charge on any atom is 0.122 e. The lowest BCUT2D eigenvalue weighted by Gasteiger charge is -2.20. The molecule has 1 heterocycles. The van der Waals surface area contributed by atoms with E-state index in [9.17, 15) is 0 Å². The van der Waals surface area contributed by atoms with Crippen molar-refractivity contribution in [2.75, 3.05) is 21.3 Å². The van der Waals surface area contributed by atoms with Gasteiger partial charge in [-0.2, -0.15) is 0 Å². The summed E-state index contributed by atoms with van der Waals surface area (Å²) >= 11 is 0. The van der Waals surface area contributed by atoms with Crippen LogP contribution in [-0.2, 0) is 11.3 Å². The van der Waals surface area contributed by atoms with E-state index in [-0.39, 0.29) is 0 Å². The van der Waals surface area contributed by atoms with Gasteiger partial charge in [-0.3, -0.25) is 4.98 Å². The molecule has 1 aliphatic rings. The molecule has 1 aromatic heterocycles. The molecule has 0 atom stereocenters. The van der Waals surface area contributed by atoms with Gasteiger partial charge >= 0.3 is 0 Å². The van der Waals surface area contributed by atoms with Crippen LogP contribution < -0.4 is 10.1 Å². The van der Waals surface area contributed by atoms with Crippen molar-refractivity contribution < 1.29 is 9.47 Å². The third-order valence-corrected chi connectivity index (χ3v) is 3.33. The third kappa shape index (κ3) is 9.43. The van der Waals surface area contributed by atoms with E-state index in [1.807, 2.05) is 19.9 Å². The normalized spacial score (nSPS) is 14.3. The van der Waals surface area contributed by atoms with E-state index in [0.717, 1.165) is 17.5 Å². The highest BCUT2D eigenvalue weighted by molar-refractivity contribution is 5.21.